The van der Waals surface area contributed by atoms with Crippen LogP contribution in [0.15, 0.2) is 27.1 Å². The molecule has 0 saturated heterocycles. The fourth-order valence-electron chi connectivity index (χ4n) is 2.68. The zero-order valence-electron chi connectivity index (χ0n) is 9.80. The highest BCUT2D eigenvalue weighted by Gasteiger charge is 2.50. The molecule has 0 radical (unpaired) electrons. The van der Waals surface area contributed by atoms with Gasteiger partial charge in [0.25, 0.3) is 0 Å². The van der Waals surface area contributed by atoms with Crippen LogP contribution in [0.5, 0.6) is 0 Å². The molecule has 0 atom stereocenters. The molecule has 1 aliphatic carbocycles. The molecule has 0 aliphatic heterocycles. The third kappa shape index (κ3) is 2.29. The Morgan fingerprint density at radius 2 is 1.82 bits per heavy atom. The number of methoxy groups -OCH3 is 1. The number of hydrogen-bond acceptors (Lipinski definition) is 2. The van der Waals surface area contributed by atoms with Crippen molar-refractivity contribution < 1.29 is 9.53 Å². The van der Waals surface area contributed by atoms with Crippen molar-refractivity contribution in [2.24, 2.45) is 5.92 Å². The largest absolute Gasteiger partial charge is 0.468 e. The Kier molecular flexibility index (Phi) is 3.64. The lowest BCUT2D eigenvalue weighted by Gasteiger charge is -2.44. The molecule has 17 heavy (non-hydrogen) atoms. The minimum absolute atomic E-state index is 0.124. The summed E-state index contributed by atoms with van der Waals surface area (Å²) in [6.45, 7) is 2.16. The molecule has 0 spiro atoms. The third-order valence-electron chi connectivity index (χ3n) is 3.39. The van der Waals surface area contributed by atoms with Gasteiger partial charge in [-0.15, -0.1) is 0 Å². The van der Waals surface area contributed by atoms with Crippen molar-refractivity contribution in [2.75, 3.05) is 7.11 Å². The number of ether oxygens (including phenoxy) is 1. The third-order valence-corrected chi connectivity index (χ3v) is 4.30. The first-order chi connectivity index (χ1) is 7.98. The number of carbonyl (C=O) groups excluding carboxylic acids is 1. The van der Waals surface area contributed by atoms with E-state index in [-0.39, 0.29) is 5.97 Å². The van der Waals surface area contributed by atoms with Crippen LogP contribution in [0.1, 0.15) is 25.3 Å². The molecule has 4 heteroatoms. The molecule has 2 rings (SSSR count). The van der Waals surface area contributed by atoms with Crippen LogP contribution in [0.4, 0.5) is 0 Å². The van der Waals surface area contributed by atoms with Gasteiger partial charge in [-0.1, -0.05) is 38.8 Å². The van der Waals surface area contributed by atoms with Crippen molar-refractivity contribution in [1.82, 2.24) is 0 Å². The van der Waals surface area contributed by atoms with Crippen LogP contribution >= 0.6 is 31.9 Å². The fraction of sp³-hybridized carbons (Fsp3) is 0.462. The smallest absolute Gasteiger partial charge is 0.316 e. The molecule has 0 bridgehead atoms. The highest BCUT2D eigenvalue weighted by molar-refractivity contribution is 9.11. The first-order valence-corrected chi connectivity index (χ1v) is 7.11. The van der Waals surface area contributed by atoms with Crippen molar-refractivity contribution in [1.29, 1.82) is 0 Å². The number of benzene rings is 1. The van der Waals surface area contributed by atoms with Crippen molar-refractivity contribution in [3.63, 3.8) is 0 Å². The Morgan fingerprint density at radius 3 is 2.24 bits per heavy atom. The van der Waals surface area contributed by atoms with Gasteiger partial charge in [0.05, 0.1) is 12.5 Å². The minimum atomic E-state index is -0.444. The predicted octanol–water partition coefficient (Wildman–Crippen LogP) is 4.05. The van der Waals surface area contributed by atoms with Crippen LogP contribution in [0, 0.1) is 5.92 Å². The van der Waals surface area contributed by atoms with Crippen LogP contribution in [0.3, 0.4) is 0 Å². The summed E-state index contributed by atoms with van der Waals surface area (Å²) in [5.41, 5.74) is 0.587. The Hall–Kier alpha value is -0.350. The van der Waals surface area contributed by atoms with Gasteiger partial charge >= 0.3 is 5.97 Å². The molecule has 2 nitrogen and oxygen atoms in total. The standard InChI is InChI=1S/C13H14Br2O2/c1-8-6-13(7-8,12(16)17-2)9-3-10(14)5-11(15)4-9/h3-5,8H,6-7H2,1-2H3. The van der Waals surface area contributed by atoms with Gasteiger partial charge in [-0.2, -0.15) is 0 Å². The predicted molar refractivity (Wildman–Crippen MR) is 73.9 cm³/mol. The first kappa shape index (κ1) is 13.1. The second-order valence-electron chi connectivity index (χ2n) is 4.75. The summed E-state index contributed by atoms with van der Waals surface area (Å²) in [6.07, 6.45) is 1.73. The summed E-state index contributed by atoms with van der Waals surface area (Å²) in [6, 6.07) is 5.98. The molecule has 1 fully saturated rings. The summed E-state index contributed by atoms with van der Waals surface area (Å²) in [5, 5.41) is 0. The molecule has 0 aromatic heterocycles. The van der Waals surface area contributed by atoms with Crippen molar-refractivity contribution >= 4 is 37.8 Å². The van der Waals surface area contributed by atoms with E-state index in [1.807, 2.05) is 18.2 Å². The van der Waals surface area contributed by atoms with Crippen LogP contribution in [-0.4, -0.2) is 13.1 Å². The topological polar surface area (TPSA) is 26.3 Å². The van der Waals surface area contributed by atoms with Crippen molar-refractivity contribution in [2.45, 2.75) is 25.2 Å². The fourth-order valence-corrected chi connectivity index (χ4v) is 3.97. The zero-order chi connectivity index (χ0) is 12.6. The lowest BCUT2D eigenvalue weighted by molar-refractivity contribution is -0.153. The summed E-state index contributed by atoms with van der Waals surface area (Å²) >= 11 is 6.93. The Bertz CT molecular complexity index is 430. The van der Waals surface area contributed by atoms with Gasteiger partial charge in [-0.25, -0.2) is 0 Å². The lowest BCUT2D eigenvalue weighted by atomic mass is 9.59. The Labute approximate surface area is 118 Å². The number of esters is 1. The van der Waals surface area contributed by atoms with E-state index in [2.05, 4.69) is 38.8 Å². The highest BCUT2D eigenvalue weighted by atomic mass is 79.9. The van der Waals surface area contributed by atoms with Crippen molar-refractivity contribution in [3.05, 3.63) is 32.7 Å². The number of rotatable bonds is 2. The first-order valence-electron chi connectivity index (χ1n) is 5.53. The molecule has 1 aliphatic rings. The summed E-state index contributed by atoms with van der Waals surface area (Å²) in [4.78, 5) is 12.0. The molecule has 1 aromatic rings. The van der Waals surface area contributed by atoms with E-state index in [0.717, 1.165) is 27.4 Å². The number of carbonyl (C=O) groups is 1. The van der Waals surface area contributed by atoms with E-state index < -0.39 is 5.41 Å². The lowest BCUT2D eigenvalue weighted by Crippen LogP contribution is -2.47. The quantitative estimate of drug-likeness (QED) is 0.742. The molecule has 0 amide bonds. The van der Waals surface area contributed by atoms with Crippen LogP contribution in [0.2, 0.25) is 0 Å². The maximum Gasteiger partial charge on any atom is 0.316 e. The molecule has 1 saturated carbocycles. The van der Waals surface area contributed by atoms with E-state index in [0.29, 0.717) is 5.92 Å². The molecule has 92 valence electrons. The number of hydrogen-bond donors (Lipinski definition) is 0. The van der Waals surface area contributed by atoms with Crippen LogP contribution in [0.25, 0.3) is 0 Å². The van der Waals surface area contributed by atoms with Crippen LogP contribution in [-0.2, 0) is 14.9 Å². The van der Waals surface area contributed by atoms with Gasteiger partial charge in [0, 0.05) is 8.95 Å². The molecule has 0 N–H and O–H groups in total. The average molecular weight is 362 g/mol. The van der Waals surface area contributed by atoms with E-state index in [1.54, 1.807) is 0 Å². The minimum Gasteiger partial charge on any atom is -0.468 e. The zero-order valence-corrected chi connectivity index (χ0v) is 13.0. The van der Waals surface area contributed by atoms with E-state index >= 15 is 0 Å². The molecule has 0 heterocycles. The maximum atomic E-state index is 12.0. The van der Waals surface area contributed by atoms with E-state index in [9.17, 15) is 4.79 Å². The van der Waals surface area contributed by atoms with Gasteiger partial charge in [0.15, 0.2) is 0 Å². The second kappa shape index (κ2) is 4.73. The van der Waals surface area contributed by atoms with E-state index in [1.165, 1.54) is 7.11 Å². The number of halogens is 2. The van der Waals surface area contributed by atoms with Gasteiger partial charge in [0.2, 0.25) is 0 Å². The molecular weight excluding hydrogens is 348 g/mol. The van der Waals surface area contributed by atoms with Gasteiger partial charge in [-0.3, -0.25) is 4.79 Å². The Morgan fingerprint density at radius 1 is 1.29 bits per heavy atom. The second-order valence-corrected chi connectivity index (χ2v) is 6.58. The van der Waals surface area contributed by atoms with Crippen LogP contribution < -0.4 is 0 Å². The molecule has 1 aromatic carbocycles. The van der Waals surface area contributed by atoms with Gasteiger partial charge in [0.1, 0.15) is 0 Å². The van der Waals surface area contributed by atoms with Crippen molar-refractivity contribution in [3.8, 4) is 0 Å². The summed E-state index contributed by atoms with van der Waals surface area (Å²) in [5.74, 6) is 0.451. The maximum absolute atomic E-state index is 12.0. The average Bonchev–Trinajstić information content (AvgIpc) is 2.22. The van der Waals surface area contributed by atoms with Gasteiger partial charge < -0.3 is 4.74 Å². The SMILES string of the molecule is COC(=O)C1(c2cc(Br)cc(Br)c2)CC(C)C1. The molecule has 0 unspecified atom stereocenters. The Balaban J connectivity index is 2.43. The summed E-state index contributed by atoms with van der Waals surface area (Å²) < 4.78 is 6.92. The molecular formula is C13H14Br2O2. The highest BCUT2D eigenvalue weighted by Crippen LogP contribution is 2.49. The van der Waals surface area contributed by atoms with E-state index in [4.69, 9.17) is 4.74 Å². The monoisotopic (exact) mass is 360 g/mol. The summed E-state index contributed by atoms with van der Waals surface area (Å²) in [7, 11) is 1.46. The van der Waals surface area contributed by atoms with Gasteiger partial charge in [-0.05, 0) is 42.5 Å². The normalized spacial score (nSPS) is 27.4.